The van der Waals surface area contributed by atoms with E-state index in [0.29, 0.717) is 6.61 Å². The summed E-state index contributed by atoms with van der Waals surface area (Å²) in [5, 5.41) is 0. The van der Waals surface area contributed by atoms with Crippen LogP contribution in [0.25, 0.3) is 0 Å². The van der Waals surface area contributed by atoms with Gasteiger partial charge in [0.15, 0.2) is 0 Å². The van der Waals surface area contributed by atoms with Crippen LogP contribution in [0.15, 0.2) is 0 Å². The Morgan fingerprint density at radius 1 is 0.652 bits per heavy atom. The molecule has 0 aliphatic rings. The van der Waals surface area contributed by atoms with Crippen molar-refractivity contribution in [1.82, 2.24) is 0 Å². The Labute approximate surface area is 169 Å². The zero-order chi connectivity index (χ0) is 16.3. The third-order valence-corrected chi connectivity index (χ3v) is 4.30. The Morgan fingerprint density at radius 3 is 1.26 bits per heavy atom. The van der Waals surface area contributed by atoms with E-state index < -0.39 is 0 Å². The van der Waals surface area contributed by atoms with E-state index in [1.165, 1.54) is 103 Å². The van der Waals surface area contributed by atoms with Gasteiger partial charge in [0.2, 0.25) is 0 Å². The van der Waals surface area contributed by atoms with Gasteiger partial charge in [0.1, 0.15) is 0 Å². The fraction of sp³-hybridized carbons (Fsp3) is 0.950. The number of hydrogen-bond acceptors (Lipinski definition) is 2. The van der Waals surface area contributed by atoms with Crippen molar-refractivity contribution >= 4 is 5.97 Å². The molecule has 0 spiro atoms. The van der Waals surface area contributed by atoms with Crippen molar-refractivity contribution in [2.24, 2.45) is 0 Å². The van der Waals surface area contributed by atoms with Crippen LogP contribution in [0.1, 0.15) is 118 Å². The second-order valence-corrected chi connectivity index (χ2v) is 6.64. The van der Waals surface area contributed by atoms with Crippen LogP contribution < -0.4 is 29.6 Å². The molecule has 0 saturated heterocycles. The van der Waals surface area contributed by atoms with Gasteiger partial charge < -0.3 is 6.16 Å². The average Bonchev–Trinajstić information content (AvgIpc) is 2.50. The van der Waals surface area contributed by atoms with Crippen molar-refractivity contribution in [3.05, 3.63) is 0 Å². The zero-order valence-corrected chi connectivity index (χ0v) is 18.3. The molecule has 0 fully saturated rings. The van der Waals surface area contributed by atoms with E-state index in [2.05, 4.69) is 6.92 Å². The summed E-state index contributed by atoms with van der Waals surface area (Å²) in [5.74, 6) is -0.152. The molecule has 0 bridgehead atoms. The molecule has 0 rings (SSSR count). The molecule has 0 aromatic heterocycles. The smallest absolute Gasteiger partial charge is 1.00 e. The molecule has 0 saturated carbocycles. The van der Waals surface area contributed by atoms with Crippen molar-refractivity contribution in [2.45, 2.75) is 117 Å². The SMILES string of the molecule is CCCCCCCCCCCCCCCCCCOC(C)=O.[H-].[Na+]. The number of ether oxygens (including phenoxy) is 1. The molecule has 2 nitrogen and oxygen atoms in total. The van der Waals surface area contributed by atoms with E-state index in [9.17, 15) is 4.79 Å². The van der Waals surface area contributed by atoms with Gasteiger partial charge >= 0.3 is 35.5 Å². The Bertz CT molecular complexity index is 238. The Hall–Kier alpha value is 0.470. The Kier molecular flexibility index (Phi) is 25.1. The van der Waals surface area contributed by atoms with Crippen LogP contribution in [0, 0.1) is 0 Å². The molecule has 3 heteroatoms. The third-order valence-electron chi connectivity index (χ3n) is 4.30. The number of rotatable bonds is 17. The van der Waals surface area contributed by atoms with Crippen LogP contribution in [-0.4, -0.2) is 12.6 Å². The molecule has 0 heterocycles. The Morgan fingerprint density at radius 2 is 0.957 bits per heavy atom. The molecule has 0 N–H and O–H groups in total. The van der Waals surface area contributed by atoms with Crippen LogP contribution in [0.4, 0.5) is 0 Å². The molecule has 0 aliphatic carbocycles. The number of hydrogen-bond donors (Lipinski definition) is 0. The van der Waals surface area contributed by atoms with E-state index in [0.717, 1.165) is 6.42 Å². The topological polar surface area (TPSA) is 26.3 Å². The average molecular weight is 337 g/mol. The van der Waals surface area contributed by atoms with Crippen molar-refractivity contribution in [2.75, 3.05) is 6.61 Å². The monoisotopic (exact) mass is 336 g/mol. The van der Waals surface area contributed by atoms with Gasteiger partial charge in [-0.2, -0.15) is 0 Å². The van der Waals surface area contributed by atoms with Crippen LogP contribution in [0.5, 0.6) is 0 Å². The van der Waals surface area contributed by atoms with Gasteiger partial charge in [-0.25, -0.2) is 0 Å². The maximum absolute atomic E-state index is 10.6. The van der Waals surface area contributed by atoms with E-state index >= 15 is 0 Å². The van der Waals surface area contributed by atoms with Crippen molar-refractivity contribution in [3.63, 3.8) is 0 Å². The second-order valence-electron chi connectivity index (χ2n) is 6.64. The molecular weight excluding hydrogens is 295 g/mol. The molecule has 0 aliphatic heterocycles. The van der Waals surface area contributed by atoms with E-state index in [1.807, 2.05) is 0 Å². The maximum atomic E-state index is 10.6. The summed E-state index contributed by atoms with van der Waals surface area (Å²) in [6.07, 6.45) is 22.0. The molecule has 0 unspecified atom stereocenters. The van der Waals surface area contributed by atoms with Gasteiger partial charge in [-0.1, -0.05) is 103 Å². The fourth-order valence-electron chi connectivity index (χ4n) is 2.87. The Balaban J connectivity index is -0.00000220. The van der Waals surface area contributed by atoms with Crippen LogP contribution in [0.2, 0.25) is 0 Å². The summed E-state index contributed by atoms with van der Waals surface area (Å²) >= 11 is 0. The van der Waals surface area contributed by atoms with E-state index in [4.69, 9.17) is 4.74 Å². The van der Waals surface area contributed by atoms with E-state index in [1.54, 1.807) is 0 Å². The molecular formula is C20H41NaO2. The van der Waals surface area contributed by atoms with Gasteiger partial charge in [0, 0.05) is 6.92 Å². The largest absolute Gasteiger partial charge is 1.00 e. The number of carbonyl (C=O) groups is 1. The normalized spacial score (nSPS) is 10.3. The first kappa shape index (κ1) is 25.7. The first-order valence-electron chi connectivity index (χ1n) is 9.90. The van der Waals surface area contributed by atoms with Crippen molar-refractivity contribution < 1.29 is 40.5 Å². The van der Waals surface area contributed by atoms with E-state index in [-0.39, 0.29) is 37.0 Å². The van der Waals surface area contributed by atoms with Gasteiger partial charge in [0.05, 0.1) is 6.61 Å². The second kappa shape index (κ2) is 22.5. The third kappa shape index (κ3) is 24.8. The first-order chi connectivity index (χ1) is 10.8. The number of esters is 1. The maximum Gasteiger partial charge on any atom is 1.00 e. The molecule has 134 valence electrons. The quantitative estimate of drug-likeness (QED) is 0.229. The minimum Gasteiger partial charge on any atom is -1.00 e. The predicted octanol–water partition coefficient (Wildman–Crippen LogP) is 3.93. The van der Waals surface area contributed by atoms with Gasteiger partial charge in [-0.05, 0) is 6.42 Å². The van der Waals surface area contributed by atoms with Gasteiger partial charge in [0.25, 0.3) is 0 Å². The van der Waals surface area contributed by atoms with Crippen molar-refractivity contribution in [1.29, 1.82) is 0 Å². The number of carbonyl (C=O) groups excluding carboxylic acids is 1. The standard InChI is InChI=1S/C20H40O2.Na.H/c1-3-4-5-6-7-8-9-10-11-12-13-14-15-16-17-18-19-22-20(2)21;;/h3-19H2,1-2H3;;/q;+1;-1. The minimum absolute atomic E-state index is 0. The summed E-state index contributed by atoms with van der Waals surface area (Å²) in [6.45, 7) is 4.36. The summed E-state index contributed by atoms with van der Waals surface area (Å²) in [7, 11) is 0. The van der Waals surface area contributed by atoms with Crippen LogP contribution >= 0.6 is 0 Å². The minimum atomic E-state index is -0.152. The molecule has 0 amide bonds. The van der Waals surface area contributed by atoms with Crippen LogP contribution in [0.3, 0.4) is 0 Å². The van der Waals surface area contributed by atoms with Gasteiger partial charge in [-0.3, -0.25) is 4.79 Å². The molecule has 0 radical (unpaired) electrons. The molecule has 0 atom stereocenters. The summed E-state index contributed by atoms with van der Waals surface area (Å²) in [4.78, 5) is 10.6. The predicted molar refractivity (Wildman–Crippen MR) is 97.3 cm³/mol. The van der Waals surface area contributed by atoms with Gasteiger partial charge in [-0.15, -0.1) is 0 Å². The molecule has 0 aromatic rings. The summed E-state index contributed by atoms with van der Waals surface area (Å²) in [5.41, 5.74) is 0. The summed E-state index contributed by atoms with van der Waals surface area (Å²) in [6, 6.07) is 0. The first-order valence-corrected chi connectivity index (χ1v) is 9.90. The zero-order valence-electron chi connectivity index (χ0n) is 17.3. The molecule has 23 heavy (non-hydrogen) atoms. The summed E-state index contributed by atoms with van der Waals surface area (Å²) < 4.78 is 4.92. The number of unbranched alkanes of at least 4 members (excludes halogenated alkanes) is 15. The van der Waals surface area contributed by atoms with Crippen molar-refractivity contribution in [3.8, 4) is 0 Å². The fourth-order valence-corrected chi connectivity index (χ4v) is 2.87. The van der Waals surface area contributed by atoms with Crippen LogP contribution in [-0.2, 0) is 9.53 Å². The molecule has 0 aromatic carbocycles.